The van der Waals surface area contributed by atoms with Crippen LogP contribution >= 0.6 is 11.6 Å². The van der Waals surface area contributed by atoms with Crippen LogP contribution < -0.4 is 9.62 Å². The third-order valence-corrected chi connectivity index (χ3v) is 8.49. The molecule has 0 saturated heterocycles. The number of aromatic nitrogens is 2. The number of carbonyl (C=O) groups is 1. The molecule has 0 bridgehead atoms. The van der Waals surface area contributed by atoms with Crippen LogP contribution in [0.15, 0.2) is 83.9 Å². The van der Waals surface area contributed by atoms with Crippen LogP contribution in [-0.4, -0.2) is 30.8 Å². The number of fused-ring (bicyclic) bond motifs is 1. The Labute approximate surface area is 215 Å². The molecule has 7 nitrogen and oxygen atoms in total. The van der Waals surface area contributed by atoms with Gasteiger partial charge in [0.05, 0.1) is 16.8 Å². The first-order valence-electron chi connectivity index (χ1n) is 11.5. The summed E-state index contributed by atoms with van der Waals surface area (Å²) in [4.78, 5) is 20.2. The Hall–Kier alpha value is -3.62. The Balaban J connectivity index is 1.40. The van der Waals surface area contributed by atoms with Gasteiger partial charge in [0.2, 0.25) is 0 Å². The molecule has 1 aromatic heterocycles. The molecule has 0 aliphatic carbocycles. The molecule has 1 aliphatic heterocycles. The molecule has 2 heterocycles. The van der Waals surface area contributed by atoms with Crippen LogP contribution in [0.1, 0.15) is 36.3 Å². The van der Waals surface area contributed by atoms with Crippen LogP contribution in [0.2, 0.25) is 5.02 Å². The van der Waals surface area contributed by atoms with Gasteiger partial charge in [0.15, 0.2) is 0 Å². The van der Waals surface area contributed by atoms with Gasteiger partial charge in [-0.25, -0.2) is 13.4 Å². The summed E-state index contributed by atoms with van der Waals surface area (Å²) in [5, 5.41) is 3.34. The Kier molecular flexibility index (Phi) is 6.10. The number of carbonyl (C=O) groups excluding carboxylic acids is 1. The highest BCUT2D eigenvalue weighted by atomic mass is 35.5. The smallest absolute Gasteiger partial charge is 0.273 e. The van der Waals surface area contributed by atoms with Gasteiger partial charge < -0.3 is 10.3 Å². The van der Waals surface area contributed by atoms with Crippen LogP contribution in [-0.2, 0) is 15.4 Å². The van der Waals surface area contributed by atoms with E-state index in [0.717, 1.165) is 11.1 Å². The Morgan fingerprint density at radius 3 is 2.61 bits per heavy atom. The number of amides is 1. The zero-order chi connectivity index (χ0) is 25.5. The Morgan fingerprint density at radius 1 is 1.06 bits per heavy atom. The van der Waals surface area contributed by atoms with Crippen molar-refractivity contribution < 1.29 is 13.2 Å². The maximum Gasteiger partial charge on any atom is 0.273 e. The van der Waals surface area contributed by atoms with Gasteiger partial charge in [-0.15, -0.1) is 0 Å². The van der Waals surface area contributed by atoms with Crippen LogP contribution in [0.25, 0.3) is 11.4 Å². The van der Waals surface area contributed by atoms with Crippen molar-refractivity contribution in [3.63, 3.8) is 0 Å². The highest BCUT2D eigenvalue weighted by Crippen LogP contribution is 2.43. The average Bonchev–Trinajstić information content (AvgIpc) is 3.36. The molecular formula is C27H25ClN4O3S. The molecule has 0 fully saturated rings. The van der Waals surface area contributed by atoms with Crippen LogP contribution in [0, 0.1) is 0 Å². The van der Waals surface area contributed by atoms with Crippen molar-refractivity contribution in [2.75, 3.05) is 16.2 Å². The lowest BCUT2D eigenvalue weighted by Gasteiger charge is -2.39. The van der Waals surface area contributed by atoms with Gasteiger partial charge in [-0.05, 0) is 53.8 Å². The lowest BCUT2D eigenvalue weighted by Crippen LogP contribution is -2.41. The number of imidazole rings is 1. The number of aromatic amines is 1. The van der Waals surface area contributed by atoms with Crippen LogP contribution in [0.5, 0.6) is 0 Å². The summed E-state index contributed by atoms with van der Waals surface area (Å²) >= 11 is 6.22. The summed E-state index contributed by atoms with van der Waals surface area (Å²) in [5.41, 5.74) is 2.80. The predicted molar refractivity (Wildman–Crippen MR) is 142 cm³/mol. The Bertz CT molecular complexity index is 1550. The van der Waals surface area contributed by atoms with Crippen molar-refractivity contribution in [1.29, 1.82) is 0 Å². The van der Waals surface area contributed by atoms with Gasteiger partial charge in [-0.2, -0.15) is 0 Å². The number of hydrogen-bond acceptors (Lipinski definition) is 4. The van der Waals surface area contributed by atoms with Gasteiger partial charge in [-0.1, -0.05) is 61.8 Å². The lowest BCUT2D eigenvalue weighted by atomic mass is 9.78. The molecule has 4 aromatic rings. The molecule has 0 saturated carbocycles. The highest BCUT2D eigenvalue weighted by Gasteiger charge is 2.37. The first-order valence-corrected chi connectivity index (χ1v) is 13.3. The number of halogens is 1. The third kappa shape index (κ3) is 4.50. The van der Waals surface area contributed by atoms with Gasteiger partial charge in [0, 0.05) is 22.8 Å². The van der Waals surface area contributed by atoms with Crippen molar-refractivity contribution in [3.8, 4) is 11.4 Å². The molecule has 9 heteroatoms. The largest absolute Gasteiger partial charge is 0.334 e. The van der Waals surface area contributed by atoms with Gasteiger partial charge in [-0.3, -0.25) is 9.10 Å². The fourth-order valence-corrected chi connectivity index (χ4v) is 6.10. The summed E-state index contributed by atoms with van der Waals surface area (Å²) in [5.74, 6) is 0.155. The Morgan fingerprint density at radius 2 is 1.83 bits per heavy atom. The molecule has 0 unspecified atom stereocenters. The van der Waals surface area contributed by atoms with Crippen LogP contribution in [0.4, 0.5) is 11.4 Å². The van der Waals surface area contributed by atoms with E-state index in [2.05, 4.69) is 29.1 Å². The van der Waals surface area contributed by atoms with E-state index < -0.39 is 15.9 Å². The second-order valence-corrected chi connectivity index (χ2v) is 11.7. The first-order chi connectivity index (χ1) is 17.1. The second-order valence-electron chi connectivity index (χ2n) is 9.37. The van der Waals surface area contributed by atoms with E-state index in [1.54, 1.807) is 24.3 Å². The zero-order valence-electron chi connectivity index (χ0n) is 19.8. The topological polar surface area (TPSA) is 95.2 Å². The average molecular weight is 521 g/mol. The SMILES string of the molecule is CC1(C)CCN(S(=O)(=O)c2cccc(NC(=O)c3cnc(-c4ccccc4)[nH]3)c2)c2ccc(Cl)cc21. The number of rotatable bonds is 5. The summed E-state index contributed by atoms with van der Waals surface area (Å²) in [6.45, 7) is 4.51. The molecule has 36 heavy (non-hydrogen) atoms. The summed E-state index contributed by atoms with van der Waals surface area (Å²) in [6, 6.07) is 21.0. The van der Waals surface area contributed by atoms with Gasteiger partial charge in [0.25, 0.3) is 15.9 Å². The number of sulfonamides is 1. The van der Waals surface area contributed by atoms with E-state index in [0.29, 0.717) is 35.2 Å². The maximum absolute atomic E-state index is 13.7. The highest BCUT2D eigenvalue weighted by molar-refractivity contribution is 7.92. The standard InChI is InChI=1S/C27H25ClN4O3S/c1-27(2)13-14-32(24-12-11-19(28)15-22(24)27)36(34,35)21-10-6-9-20(16-21)30-26(33)23-17-29-25(31-23)18-7-4-3-5-8-18/h3-12,15-17H,13-14H2,1-2H3,(H,29,31)(H,30,33). The van der Waals surface area contributed by atoms with E-state index in [1.807, 2.05) is 36.4 Å². The minimum absolute atomic E-state index is 0.0930. The zero-order valence-corrected chi connectivity index (χ0v) is 21.4. The number of nitrogens with one attached hydrogen (secondary N) is 2. The van der Waals surface area contributed by atoms with Crippen LogP contribution in [0.3, 0.4) is 0 Å². The van der Waals surface area contributed by atoms with E-state index >= 15 is 0 Å². The monoisotopic (exact) mass is 520 g/mol. The van der Waals surface area contributed by atoms with Crippen molar-refractivity contribution in [1.82, 2.24) is 9.97 Å². The number of hydrogen-bond donors (Lipinski definition) is 2. The molecule has 184 valence electrons. The maximum atomic E-state index is 13.7. The van der Waals surface area contributed by atoms with Crippen molar-refractivity contribution >= 4 is 38.9 Å². The van der Waals surface area contributed by atoms with Crippen molar-refractivity contribution in [2.24, 2.45) is 0 Å². The molecule has 1 amide bonds. The lowest BCUT2D eigenvalue weighted by molar-refractivity contribution is 0.102. The predicted octanol–water partition coefficient (Wildman–Crippen LogP) is 5.86. The minimum Gasteiger partial charge on any atom is -0.334 e. The van der Waals surface area contributed by atoms with Gasteiger partial charge in [0.1, 0.15) is 11.5 Å². The molecule has 5 rings (SSSR count). The number of anilines is 2. The van der Waals surface area contributed by atoms with Crippen molar-refractivity contribution in [2.45, 2.75) is 30.6 Å². The number of benzene rings is 3. The minimum atomic E-state index is -3.87. The van der Waals surface area contributed by atoms with E-state index in [-0.39, 0.29) is 16.0 Å². The molecule has 2 N–H and O–H groups in total. The quantitative estimate of drug-likeness (QED) is 0.344. The third-order valence-electron chi connectivity index (χ3n) is 6.44. The first kappa shape index (κ1) is 24.1. The molecule has 0 atom stereocenters. The van der Waals surface area contributed by atoms with Crippen molar-refractivity contribution in [3.05, 3.63) is 95.3 Å². The summed E-state index contributed by atoms with van der Waals surface area (Å²) < 4.78 is 28.8. The van der Waals surface area contributed by atoms with E-state index in [1.165, 1.54) is 22.6 Å². The normalized spacial score (nSPS) is 14.8. The molecule has 0 spiro atoms. The molecule has 0 radical (unpaired) electrons. The van der Waals surface area contributed by atoms with E-state index in [4.69, 9.17) is 11.6 Å². The molecule has 1 aliphatic rings. The molecule has 3 aromatic carbocycles. The summed E-state index contributed by atoms with van der Waals surface area (Å²) in [6.07, 6.45) is 2.11. The second kappa shape index (κ2) is 9.11. The fraction of sp³-hybridized carbons (Fsp3) is 0.185. The number of nitrogens with zero attached hydrogens (tertiary/aromatic N) is 2. The van der Waals surface area contributed by atoms with Gasteiger partial charge >= 0.3 is 0 Å². The molecular weight excluding hydrogens is 496 g/mol. The summed E-state index contributed by atoms with van der Waals surface area (Å²) in [7, 11) is -3.87. The number of H-pyrrole nitrogens is 1. The fourth-order valence-electron chi connectivity index (χ4n) is 4.39. The van der Waals surface area contributed by atoms with E-state index in [9.17, 15) is 13.2 Å².